The van der Waals surface area contributed by atoms with Gasteiger partial charge in [-0.3, -0.25) is 14.5 Å². The molecular weight excluding hydrogens is 411 g/mol. The third-order valence-corrected chi connectivity index (χ3v) is 5.70. The van der Waals surface area contributed by atoms with Crippen molar-refractivity contribution in [3.63, 3.8) is 0 Å². The van der Waals surface area contributed by atoms with Crippen LogP contribution in [0.5, 0.6) is 0 Å². The Morgan fingerprint density at radius 1 is 1.03 bits per heavy atom. The first kappa shape index (κ1) is 23.4. The lowest BCUT2D eigenvalue weighted by molar-refractivity contribution is 0.0236. The molecule has 1 atom stereocenters. The molecule has 4 N–H and O–H groups in total. The minimum absolute atomic E-state index is 0.0427. The molecule has 0 radical (unpaired) electrons. The van der Waals surface area contributed by atoms with Gasteiger partial charge in [0, 0.05) is 37.3 Å². The molecule has 1 saturated heterocycles. The standard InChI is InChI=1S/C24H29FN4O3/c1-17(30)20-7-2-5-18(11-20)13-28(14-19-6-3-8-21(12-19)22(26)31)15-24(25)9-4-10-29(16-24)23(27)32/h2-3,5-8,11-12H,4,9-10,13-16H2,1H3,(H2,26,31)(H2,27,32). The van der Waals surface area contributed by atoms with Gasteiger partial charge >= 0.3 is 6.03 Å². The van der Waals surface area contributed by atoms with E-state index in [0.717, 1.165) is 11.1 Å². The second-order valence-corrected chi connectivity index (χ2v) is 8.48. The summed E-state index contributed by atoms with van der Waals surface area (Å²) in [4.78, 5) is 38.2. The lowest BCUT2D eigenvalue weighted by Gasteiger charge is -2.39. The second-order valence-electron chi connectivity index (χ2n) is 8.48. The number of rotatable bonds is 8. The topological polar surface area (TPSA) is 110 Å². The summed E-state index contributed by atoms with van der Waals surface area (Å²) in [5, 5.41) is 0. The molecule has 0 spiro atoms. The number of Topliss-reactive ketones (excluding diaryl/α,β-unsaturated/α-hetero) is 1. The van der Waals surface area contributed by atoms with Crippen LogP contribution in [-0.2, 0) is 13.1 Å². The molecule has 3 rings (SSSR count). The largest absolute Gasteiger partial charge is 0.366 e. The van der Waals surface area contributed by atoms with E-state index in [0.29, 0.717) is 43.6 Å². The van der Waals surface area contributed by atoms with E-state index in [2.05, 4.69) is 0 Å². The van der Waals surface area contributed by atoms with E-state index in [1.165, 1.54) is 11.8 Å². The van der Waals surface area contributed by atoms with Gasteiger partial charge < -0.3 is 16.4 Å². The summed E-state index contributed by atoms with van der Waals surface area (Å²) in [6, 6.07) is 13.5. The van der Waals surface area contributed by atoms with Gasteiger partial charge in [0.15, 0.2) is 5.78 Å². The third-order valence-electron chi connectivity index (χ3n) is 5.70. The Balaban J connectivity index is 1.85. The molecule has 3 amide bonds. The summed E-state index contributed by atoms with van der Waals surface area (Å²) in [6.45, 7) is 2.72. The molecule has 0 aliphatic carbocycles. The van der Waals surface area contributed by atoms with Crippen LogP contribution in [0.2, 0.25) is 0 Å². The summed E-state index contributed by atoms with van der Waals surface area (Å²) in [7, 11) is 0. The van der Waals surface area contributed by atoms with Crippen molar-refractivity contribution in [2.45, 2.75) is 38.5 Å². The zero-order chi connectivity index (χ0) is 23.3. The fourth-order valence-corrected chi connectivity index (χ4v) is 4.20. The van der Waals surface area contributed by atoms with Gasteiger partial charge in [0.05, 0.1) is 6.54 Å². The average molecular weight is 441 g/mol. The Kier molecular flexibility index (Phi) is 7.25. The molecule has 1 unspecified atom stereocenters. The van der Waals surface area contributed by atoms with Crippen molar-refractivity contribution in [2.24, 2.45) is 11.5 Å². The number of nitrogens with two attached hydrogens (primary N) is 2. The molecule has 0 aromatic heterocycles. The molecule has 1 heterocycles. The molecule has 1 fully saturated rings. The lowest BCUT2D eigenvalue weighted by atomic mass is 9.93. The molecule has 1 aliphatic heterocycles. The molecule has 170 valence electrons. The number of ketones is 1. The van der Waals surface area contributed by atoms with E-state index < -0.39 is 17.6 Å². The quantitative estimate of drug-likeness (QED) is 0.615. The number of urea groups is 1. The first-order valence-electron chi connectivity index (χ1n) is 10.6. The predicted molar refractivity (Wildman–Crippen MR) is 120 cm³/mol. The number of primary amides is 2. The molecule has 7 nitrogen and oxygen atoms in total. The maximum atomic E-state index is 15.8. The molecule has 1 aliphatic rings. The van der Waals surface area contributed by atoms with Crippen LogP contribution < -0.4 is 11.5 Å². The molecule has 0 saturated carbocycles. The number of likely N-dealkylation sites (tertiary alicyclic amines) is 1. The van der Waals surface area contributed by atoms with E-state index in [9.17, 15) is 14.4 Å². The monoisotopic (exact) mass is 440 g/mol. The van der Waals surface area contributed by atoms with E-state index in [1.807, 2.05) is 17.0 Å². The number of piperidine rings is 1. The summed E-state index contributed by atoms with van der Waals surface area (Å²) in [6.07, 6.45) is 0.854. The first-order chi connectivity index (χ1) is 15.1. The minimum Gasteiger partial charge on any atom is -0.366 e. The summed E-state index contributed by atoms with van der Waals surface area (Å²) in [5.74, 6) is -0.571. The molecule has 2 aromatic carbocycles. The normalized spacial score (nSPS) is 18.5. The van der Waals surface area contributed by atoms with Gasteiger partial charge in [-0.05, 0) is 49.1 Å². The molecule has 2 aromatic rings. The molecular formula is C24H29FN4O3. The van der Waals surface area contributed by atoms with E-state index in [-0.39, 0.29) is 18.9 Å². The average Bonchev–Trinajstić information content (AvgIpc) is 2.73. The van der Waals surface area contributed by atoms with Crippen molar-refractivity contribution in [3.8, 4) is 0 Å². The van der Waals surface area contributed by atoms with Crippen LogP contribution in [-0.4, -0.2) is 52.8 Å². The Morgan fingerprint density at radius 3 is 2.19 bits per heavy atom. The van der Waals surface area contributed by atoms with Crippen LogP contribution in [0.4, 0.5) is 9.18 Å². The van der Waals surface area contributed by atoms with Gasteiger partial charge in [-0.1, -0.05) is 30.3 Å². The zero-order valence-corrected chi connectivity index (χ0v) is 18.2. The van der Waals surface area contributed by atoms with Gasteiger partial charge in [0.1, 0.15) is 5.67 Å². The lowest BCUT2D eigenvalue weighted by Crippen LogP contribution is -2.54. The summed E-state index contributed by atoms with van der Waals surface area (Å²) >= 11 is 0. The number of hydrogen-bond acceptors (Lipinski definition) is 4. The van der Waals surface area contributed by atoms with Gasteiger partial charge in [-0.25, -0.2) is 9.18 Å². The second kappa shape index (κ2) is 9.91. The van der Waals surface area contributed by atoms with Crippen molar-refractivity contribution >= 4 is 17.7 Å². The Labute approximate surface area is 187 Å². The van der Waals surface area contributed by atoms with Crippen LogP contribution in [0.3, 0.4) is 0 Å². The van der Waals surface area contributed by atoms with Crippen molar-refractivity contribution in [1.82, 2.24) is 9.80 Å². The van der Waals surface area contributed by atoms with E-state index in [4.69, 9.17) is 11.5 Å². The molecule has 0 bridgehead atoms. The van der Waals surface area contributed by atoms with Gasteiger partial charge in [0.25, 0.3) is 0 Å². The minimum atomic E-state index is -1.62. The maximum absolute atomic E-state index is 15.8. The highest BCUT2D eigenvalue weighted by Crippen LogP contribution is 2.28. The van der Waals surface area contributed by atoms with Crippen molar-refractivity contribution in [1.29, 1.82) is 0 Å². The Morgan fingerprint density at radius 2 is 1.62 bits per heavy atom. The number of alkyl halides is 1. The predicted octanol–water partition coefficient (Wildman–Crippen LogP) is 2.87. The zero-order valence-electron chi connectivity index (χ0n) is 18.2. The van der Waals surface area contributed by atoms with Gasteiger partial charge in [0.2, 0.25) is 5.91 Å². The van der Waals surface area contributed by atoms with Crippen LogP contribution in [0.15, 0.2) is 48.5 Å². The van der Waals surface area contributed by atoms with Crippen molar-refractivity contribution in [2.75, 3.05) is 19.6 Å². The van der Waals surface area contributed by atoms with Crippen LogP contribution in [0.25, 0.3) is 0 Å². The molecule has 32 heavy (non-hydrogen) atoms. The van der Waals surface area contributed by atoms with Crippen LogP contribution >= 0.6 is 0 Å². The number of hydrogen-bond donors (Lipinski definition) is 2. The van der Waals surface area contributed by atoms with Gasteiger partial charge in [-0.2, -0.15) is 0 Å². The smallest absolute Gasteiger partial charge is 0.314 e. The molecule has 8 heteroatoms. The van der Waals surface area contributed by atoms with Gasteiger partial charge in [-0.15, -0.1) is 0 Å². The van der Waals surface area contributed by atoms with Crippen molar-refractivity contribution < 1.29 is 18.8 Å². The number of amides is 3. The number of benzene rings is 2. The highest BCUT2D eigenvalue weighted by Gasteiger charge is 2.38. The fourth-order valence-electron chi connectivity index (χ4n) is 4.20. The number of carbonyl (C=O) groups is 3. The SMILES string of the molecule is CC(=O)c1cccc(CN(Cc2cccc(C(N)=O)c2)CC2(F)CCCN(C(N)=O)C2)c1. The van der Waals surface area contributed by atoms with Crippen molar-refractivity contribution in [3.05, 3.63) is 70.8 Å². The third kappa shape index (κ3) is 6.13. The summed E-state index contributed by atoms with van der Waals surface area (Å²) in [5.41, 5.74) is 11.8. The fraction of sp³-hybridized carbons (Fsp3) is 0.375. The Hall–Kier alpha value is -3.26. The first-order valence-corrected chi connectivity index (χ1v) is 10.6. The summed E-state index contributed by atoms with van der Waals surface area (Å²) < 4.78 is 15.8. The number of halogens is 1. The van der Waals surface area contributed by atoms with Crippen LogP contribution in [0.1, 0.15) is 51.6 Å². The Bertz CT molecular complexity index is 953. The number of nitrogens with zero attached hydrogens (tertiary/aromatic N) is 2. The highest BCUT2D eigenvalue weighted by atomic mass is 19.1. The van der Waals surface area contributed by atoms with E-state index in [1.54, 1.807) is 36.4 Å². The van der Waals surface area contributed by atoms with Crippen LogP contribution in [0, 0.1) is 0 Å². The maximum Gasteiger partial charge on any atom is 0.314 e. The van der Waals surface area contributed by atoms with E-state index >= 15 is 4.39 Å². The highest BCUT2D eigenvalue weighted by molar-refractivity contribution is 5.94. The number of carbonyl (C=O) groups excluding carboxylic acids is 3.